The molecule has 1 atom stereocenters. The minimum atomic E-state index is -0.440. The Labute approximate surface area is 179 Å². The molecule has 0 aliphatic carbocycles. The number of nitro groups is 1. The summed E-state index contributed by atoms with van der Waals surface area (Å²) in [4.78, 5) is 31.9. The zero-order valence-corrected chi connectivity index (χ0v) is 17.4. The highest BCUT2D eigenvalue weighted by molar-refractivity contribution is 5.94. The number of carbonyl (C=O) groups is 1. The number of piperazine rings is 1. The van der Waals surface area contributed by atoms with E-state index in [4.69, 9.17) is 4.52 Å². The number of aryl methyl sites for hydroxylation is 1. The molecule has 0 bridgehead atoms. The molecule has 2 heterocycles. The molecule has 0 radical (unpaired) electrons. The number of hydrogen-bond donors (Lipinski definition) is 0. The van der Waals surface area contributed by atoms with Crippen LogP contribution in [0.25, 0.3) is 11.4 Å². The van der Waals surface area contributed by atoms with Crippen LogP contribution >= 0.6 is 0 Å². The number of benzene rings is 2. The molecule has 3 aromatic rings. The van der Waals surface area contributed by atoms with E-state index in [1.54, 1.807) is 17.9 Å². The number of carbonyl (C=O) groups excluding carboxylic acids is 1. The van der Waals surface area contributed by atoms with Gasteiger partial charge in [-0.3, -0.25) is 19.8 Å². The van der Waals surface area contributed by atoms with Crippen molar-refractivity contribution in [2.75, 3.05) is 26.2 Å². The molecule has 1 aliphatic heterocycles. The van der Waals surface area contributed by atoms with Gasteiger partial charge in [-0.1, -0.05) is 35.5 Å². The first-order valence-electron chi connectivity index (χ1n) is 10.1. The molecule has 1 fully saturated rings. The standard InChI is InChI=1S/C22H23N5O4/c1-15-14-18(8-9-19(15)27(29)30)22(28)26-12-10-25(11-13-26)16(2)21-23-20(24-31-21)17-6-4-3-5-7-17/h3-9,14,16H,10-13H2,1-2H3. The predicted octanol–water partition coefficient (Wildman–Crippen LogP) is 3.47. The van der Waals surface area contributed by atoms with E-state index in [-0.39, 0.29) is 17.6 Å². The van der Waals surface area contributed by atoms with Crippen molar-refractivity contribution >= 4 is 11.6 Å². The van der Waals surface area contributed by atoms with Crippen molar-refractivity contribution < 1.29 is 14.2 Å². The Morgan fingerprint density at radius 3 is 2.48 bits per heavy atom. The molecule has 0 saturated carbocycles. The summed E-state index contributed by atoms with van der Waals surface area (Å²) in [6.45, 7) is 6.10. The monoisotopic (exact) mass is 421 g/mol. The first-order valence-corrected chi connectivity index (χ1v) is 10.1. The quantitative estimate of drug-likeness (QED) is 0.459. The number of rotatable bonds is 5. The first-order chi connectivity index (χ1) is 14.9. The normalized spacial score (nSPS) is 15.6. The van der Waals surface area contributed by atoms with Crippen molar-refractivity contribution in [1.82, 2.24) is 19.9 Å². The van der Waals surface area contributed by atoms with Crippen LogP contribution < -0.4 is 0 Å². The fraction of sp³-hybridized carbons (Fsp3) is 0.318. The van der Waals surface area contributed by atoms with Gasteiger partial charge in [0.1, 0.15) is 0 Å². The van der Waals surface area contributed by atoms with Crippen molar-refractivity contribution in [2.45, 2.75) is 19.9 Å². The van der Waals surface area contributed by atoms with Crippen LogP contribution in [0.15, 0.2) is 53.1 Å². The third-order valence-electron chi connectivity index (χ3n) is 5.62. The Hall–Kier alpha value is -3.59. The van der Waals surface area contributed by atoms with Crippen molar-refractivity contribution in [1.29, 1.82) is 0 Å². The van der Waals surface area contributed by atoms with Gasteiger partial charge < -0.3 is 9.42 Å². The van der Waals surface area contributed by atoms with E-state index in [2.05, 4.69) is 15.0 Å². The van der Waals surface area contributed by atoms with Crippen LogP contribution in [0, 0.1) is 17.0 Å². The van der Waals surface area contributed by atoms with E-state index in [9.17, 15) is 14.9 Å². The van der Waals surface area contributed by atoms with E-state index in [1.165, 1.54) is 12.1 Å². The van der Waals surface area contributed by atoms with Gasteiger partial charge in [0.05, 0.1) is 11.0 Å². The number of hydrogen-bond acceptors (Lipinski definition) is 7. The van der Waals surface area contributed by atoms with Crippen molar-refractivity contribution in [3.63, 3.8) is 0 Å². The second-order valence-electron chi connectivity index (χ2n) is 7.58. The summed E-state index contributed by atoms with van der Waals surface area (Å²) in [5.74, 6) is 0.990. The maximum absolute atomic E-state index is 12.8. The fourth-order valence-electron chi connectivity index (χ4n) is 3.75. The van der Waals surface area contributed by atoms with Crippen LogP contribution in [-0.2, 0) is 0 Å². The molecule has 1 aromatic heterocycles. The molecule has 160 valence electrons. The van der Waals surface area contributed by atoms with Crippen molar-refractivity contribution in [2.24, 2.45) is 0 Å². The lowest BCUT2D eigenvalue weighted by atomic mass is 10.1. The molecular formula is C22H23N5O4. The minimum absolute atomic E-state index is 0.0182. The smallest absolute Gasteiger partial charge is 0.272 e. The maximum atomic E-state index is 12.8. The summed E-state index contributed by atoms with van der Waals surface area (Å²) in [6, 6.07) is 14.1. The van der Waals surface area contributed by atoms with Gasteiger partial charge in [-0.25, -0.2) is 0 Å². The molecule has 0 N–H and O–H groups in total. The van der Waals surface area contributed by atoms with Gasteiger partial charge in [0.15, 0.2) is 0 Å². The molecule has 1 saturated heterocycles. The van der Waals surface area contributed by atoms with E-state index in [0.717, 1.165) is 5.56 Å². The molecule has 1 unspecified atom stereocenters. The molecule has 31 heavy (non-hydrogen) atoms. The van der Waals surface area contributed by atoms with E-state index in [1.807, 2.05) is 37.3 Å². The number of aromatic nitrogens is 2. The van der Waals surface area contributed by atoms with Gasteiger partial charge in [-0.05, 0) is 26.0 Å². The highest BCUT2D eigenvalue weighted by Crippen LogP contribution is 2.24. The second kappa shape index (κ2) is 8.65. The average Bonchev–Trinajstić information content (AvgIpc) is 3.29. The summed E-state index contributed by atoms with van der Waals surface area (Å²) in [7, 11) is 0. The number of nitrogens with zero attached hydrogens (tertiary/aromatic N) is 5. The number of amides is 1. The largest absolute Gasteiger partial charge is 0.337 e. The molecule has 9 nitrogen and oxygen atoms in total. The lowest BCUT2D eigenvalue weighted by Gasteiger charge is -2.36. The highest BCUT2D eigenvalue weighted by Gasteiger charge is 2.28. The van der Waals surface area contributed by atoms with Gasteiger partial charge in [-0.15, -0.1) is 0 Å². The Kier molecular flexibility index (Phi) is 5.77. The van der Waals surface area contributed by atoms with E-state index >= 15 is 0 Å². The predicted molar refractivity (Wildman–Crippen MR) is 113 cm³/mol. The second-order valence-corrected chi connectivity index (χ2v) is 7.58. The maximum Gasteiger partial charge on any atom is 0.272 e. The molecule has 9 heteroatoms. The minimum Gasteiger partial charge on any atom is -0.337 e. The molecule has 2 aromatic carbocycles. The van der Waals surface area contributed by atoms with Gasteiger partial charge in [0.25, 0.3) is 11.6 Å². The summed E-state index contributed by atoms with van der Waals surface area (Å²) >= 11 is 0. The zero-order valence-electron chi connectivity index (χ0n) is 17.4. The molecule has 0 spiro atoms. The van der Waals surface area contributed by atoms with Crippen LogP contribution in [0.3, 0.4) is 0 Å². The molecule has 4 rings (SSSR count). The lowest BCUT2D eigenvalue weighted by molar-refractivity contribution is -0.385. The Morgan fingerprint density at radius 2 is 1.84 bits per heavy atom. The van der Waals surface area contributed by atoms with Crippen molar-refractivity contribution in [3.8, 4) is 11.4 Å². The van der Waals surface area contributed by atoms with Gasteiger partial charge in [-0.2, -0.15) is 4.98 Å². The Morgan fingerprint density at radius 1 is 1.13 bits per heavy atom. The van der Waals surface area contributed by atoms with Gasteiger partial charge in [0, 0.05) is 48.9 Å². The summed E-state index contributed by atoms with van der Waals surface area (Å²) < 4.78 is 5.48. The van der Waals surface area contributed by atoms with Crippen LogP contribution in [0.4, 0.5) is 5.69 Å². The number of nitro benzene ring substituents is 1. The summed E-state index contributed by atoms with van der Waals surface area (Å²) in [6.07, 6.45) is 0. The topological polar surface area (TPSA) is 106 Å². The summed E-state index contributed by atoms with van der Waals surface area (Å²) in [5, 5.41) is 15.1. The van der Waals surface area contributed by atoms with Gasteiger partial charge >= 0.3 is 0 Å². The van der Waals surface area contributed by atoms with Crippen molar-refractivity contribution in [3.05, 3.63) is 75.7 Å². The lowest BCUT2D eigenvalue weighted by Crippen LogP contribution is -2.49. The third kappa shape index (κ3) is 4.31. The molecule has 1 aliphatic rings. The van der Waals surface area contributed by atoms with Crippen LogP contribution in [0.1, 0.15) is 34.8 Å². The van der Waals surface area contributed by atoms with E-state index < -0.39 is 4.92 Å². The third-order valence-corrected chi connectivity index (χ3v) is 5.62. The Balaban J connectivity index is 1.38. The SMILES string of the molecule is Cc1cc(C(=O)N2CCN(C(C)c3nc(-c4ccccc4)no3)CC2)ccc1[N+](=O)[O-]. The molecular weight excluding hydrogens is 398 g/mol. The van der Waals surface area contributed by atoms with Gasteiger partial charge in [0.2, 0.25) is 11.7 Å². The fourth-order valence-corrected chi connectivity index (χ4v) is 3.75. The highest BCUT2D eigenvalue weighted by atomic mass is 16.6. The van der Waals surface area contributed by atoms with Crippen LogP contribution in [0.5, 0.6) is 0 Å². The first kappa shape index (κ1) is 20.7. The van der Waals surface area contributed by atoms with Crippen LogP contribution in [-0.4, -0.2) is 56.9 Å². The zero-order chi connectivity index (χ0) is 22.0. The average molecular weight is 421 g/mol. The molecule has 1 amide bonds. The van der Waals surface area contributed by atoms with Crippen LogP contribution in [0.2, 0.25) is 0 Å². The summed E-state index contributed by atoms with van der Waals surface area (Å²) in [5.41, 5.74) is 1.87. The Bertz CT molecular complexity index is 1090. The van der Waals surface area contributed by atoms with E-state index in [0.29, 0.717) is 49.0 Å².